The largest absolute Gasteiger partial charge is 0.310 e. The minimum atomic E-state index is 0.689. The molecule has 100 valence electrons. The van der Waals surface area contributed by atoms with E-state index in [1.807, 2.05) is 6.92 Å². The van der Waals surface area contributed by atoms with Crippen LogP contribution >= 0.6 is 23.4 Å². The van der Waals surface area contributed by atoms with E-state index in [0.717, 1.165) is 22.4 Å². The molecule has 18 heavy (non-hydrogen) atoms. The lowest BCUT2D eigenvalue weighted by atomic mass is 10.1. The molecular weight excluding hydrogens is 262 g/mol. The highest BCUT2D eigenvalue weighted by Gasteiger charge is 2.23. The first-order valence-electron chi connectivity index (χ1n) is 6.79. The van der Waals surface area contributed by atoms with Crippen molar-refractivity contribution < 1.29 is 0 Å². The molecule has 2 unspecified atom stereocenters. The van der Waals surface area contributed by atoms with E-state index in [1.54, 1.807) is 0 Å². The van der Waals surface area contributed by atoms with E-state index in [1.165, 1.54) is 30.6 Å². The smallest absolute Gasteiger partial charge is 0.0438 e. The Kier molecular flexibility index (Phi) is 5.40. The first-order valence-corrected chi connectivity index (χ1v) is 8.21. The van der Waals surface area contributed by atoms with Gasteiger partial charge < -0.3 is 5.32 Å². The molecule has 3 heteroatoms. The Morgan fingerprint density at radius 3 is 2.94 bits per heavy atom. The molecule has 1 saturated carbocycles. The molecule has 0 radical (unpaired) electrons. The van der Waals surface area contributed by atoms with Gasteiger partial charge in [0.25, 0.3) is 0 Å². The number of aryl methyl sites for hydroxylation is 1. The first-order chi connectivity index (χ1) is 8.69. The van der Waals surface area contributed by atoms with Crippen LogP contribution in [0.5, 0.6) is 0 Å². The monoisotopic (exact) mass is 283 g/mol. The Morgan fingerprint density at radius 1 is 1.39 bits per heavy atom. The van der Waals surface area contributed by atoms with Crippen molar-refractivity contribution in [1.82, 2.24) is 5.32 Å². The van der Waals surface area contributed by atoms with Crippen LogP contribution in [0.2, 0.25) is 5.02 Å². The fourth-order valence-electron chi connectivity index (χ4n) is 2.52. The highest BCUT2D eigenvalue weighted by Crippen LogP contribution is 2.29. The van der Waals surface area contributed by atoms with E-state index in [9.17, 15) is 0 Å². The molecule has 1 aromatic rings. The fraction of sp³-hybridized carbons (Fsp3) is 0.600. The van der Waals surface area contributed by atoms with Gasteiger partial charge in [-0.15, -0.1) is 0 Å². The van der Waals surface area contributed by atoms with Crippen molar-refractivity contribution in [2.45, 2.75) is 50.9 Å². The Bertz CT molecular complexity index is 394. The van der Waals surface area contributed by atoms with Crippen LogP contribution in [-0.4, -0.2) is 17.0 Å². The van der Waals surface area contributed by atoms with Gasteiger partial charge in [0.15, 0.2) is 0 Å². The zero-order valence-electron chi connectivity index (χ0n) is 11.2. The molecule has 0 aliphatic heterocycles. The average Bonchev–Trinajstić information content (AvgIpc) is 2.79. The lowest BCUT2D eigenvalue weighted by Gasteiger charge is -2.13. The van der Waals surface area contributed by atoms with Crippen LogP contribution in [0.25, 0.3) is 0 Å². The fourth-order valence-corrected chi connectivity index (χ4v) is 3.87. The Hall–Kier alpha value is -0.180. The molecule has 0 saturated heterocycles. The van der Waals surface area contributed by atoms with Gasteiger partial charge in [-0.2, -0.15) is 11.8 Å². The predicted octanol–water partition coefficient (Wildman–Crippen LogP) is 4.41. The van der Waals surface area contributed by atoms with E-state index in [-0.39, 0.29) is 0 Å². The third-order valence-electron chi connectivity index (χ3n) is 3.62. The number of halogens is 1. The van der Waals surface area contributed by atoms with Gasteiger partial charge in [0, 0.05) is 22.9 Å². The van der Waals surface area contributed by atoms with Crippen LogP contribution in [0, 0.1) is 6.92 Å². The van der Waals surface area contributed by atoms with Gasteiger partial charge in [0.1, 0.15) is 0 Å². The SMILES string of the molecule is CCSC1CCC(NCc2ccc(C)c(Cl)c2)C1. The van der Waals surface area contributed by atoms with Crippen LogP contribution in [0.15, 0.2) is 18.2 Å². The molecule has 0 heterocycles. The second kappa shape index (κ2) is 6.83. The number of nitrogens with one attached hydrogen (secondary N) is 1. The van der Waals surface area contributed by atoms with Crippen LogP contribution in [0.4, 0.5) is 0 Å². The Labute approximate surface area is 120 Å². The minimum absolute atomic E-state index is 0.689. The molecule has 2 atom stereocenters. The maximum Gasteiger partial charge on any atom is 0.0438 e. The predicted molar refractivity (Wildman–Crippen MR) is 82.6 cm³/mol. The second-order valence-corrected chi connectivity index (χ2v) is 7.04. The summed E-state index contributed by atoms with van der Waals surface area (Å²) in [6.07, 6.45) is 4.00. The van der Waals surface area contributed by atoms with Crippen molar-refractivity contribution >= 4 is 23.4 Å². The number of benzene rings is 1. The van der Waals surface area contributed by atoms with E-state index in [2.05, 4.69) is 42.2 Å². The zero-order chi connectivity index (χ0) is 13.0. The number of rotatable bonds is 5. The molecule has 1 nitrogen and oxygen atoms in total. The number of thioether (sulfide) groups is 1. The normalized spacial score (nSPS) is 23.5. The summed E-state index contributed by atoms with van der Waals surface area (Å²) in [5.41, 5.74) is 2.44. The molecule has 1 N–H and O–H groups in total. The van der Waals surface area contributed by atoms with Crippen molar-refractivity contribution in [1.29, 1.82) is 0 Å². The van der Waals surface area contributed by atoms with Crippen molar-refractivity contribution in [3.8, 4) is 0 Å². The van der Waals surface area contributed by atoms with E-state index >= 15 is 0 Å². The van der Waals surface area contributed by atoms with Gasteiger partial charge in [-0.3, -0.25) is 0 Å². The molecule has 1 aromatic carbocycles. The summed E-state index contributed by atoms with van der Waals surface area (Å²) < 4.78 is 0. The van der Waals surface area contributed by atoms with Gasteiger partial charge in [-0.25, -0.2) is 0 Å². The van der Waals surface area contributed by atoms with E-state index in [0.29, 0.717) is 6.04 Å². The quantitative estimate of drug-likeness (QED) is 0.859. The molecule has 1 aliphatic carbocycles. The summed E-state index contributed by atoms with van der Waals surface area (Å²) in [4.78, 5) is 0. The summed E-state index contributed by atoms with van der Waals surface area (Å²) in [6, 6.07) is 7.04. The molecule has 0 amide bonds. The molecule has 1 fully saturated rings. The van der Waals surface area contributed by atoms with Crippen molar-refractivity contribution in [2.75, 3.05) is 5.75 Å². The third-order valence-corrected chi connectivity index (χ3v) is 5.26. The van der Waals surface area contributed by atoms with Gasteiger partial charge in [0.05, 0.1) is 0 Å². The number of hydrogen-bond acceptors (Lipinski definition) is 2. The average molecular weight is 284 g/mol. The van der Waals surface area contributed by atoms with Crippen LogP contribution in [0.1, 0.15) is 37.3 Å². The maximum atomic E-state index is 6.14. The van der Waals surface area contributed by atoms with E-state index < -0.39 is 0 Å². The summed E-state index contributed by atoms with van der Waals surface area (Å²) in [7, 11) is 0. The summed E-state index contributed by atoms with van der Waals surface area (Å²) in [5, 5.41) is 5.41. The lowest BCUT2D eigenvalue weighted by Crippen LogP contribution is -2.26. The van der Waals surface area contributed by atoms with Gasteiger partial charge in [0.2, 0.25) is 0 Å². The second-order valence-electron chi connectivity index (χ2n) is 5.05. The molecule has 1 aliphatic rings. The van der Waals surface area contributed by atoms with Crippen LogP contribution in [0.3, 0.4) is 0 Å². The van der Waals surface area contributed by atoms with Gasteiger partial charge >= 0.3 is 0 Å². The summed E-state index contributed by atoms with van der Waals surface area (Å²) in [5.74, 6) is 1.24. The van der Waals surface area contributed by atoms with Crippen molar-refractivity contribution in [3.05, 3.63) is 34.3 Å². The highest BCUT2D eigenvalue weighted by molar-refractivity contribution is 7.99. The van der Waals surface area contributed by atoms with E-state index in [4.69, 9.17) is 11.6 Å². The molecule has 0 spiro atoms. The Balaban J connectivity index is 1.80. The molecule has 2 rings (SSSR count). The third kappa shape index (κ3) is 3.91. The molecular formula is C15H22ClNS. The Morgan fingerprint density at radius 2 is 2.22 bits per heavy atom. The maximum absolute atomic E-state index is 6.14. The summed E-state index contributed by atoms with van der Waals surface area (Å²) >= 11 is 8.25. The first kappa shape index (κ1) is 14.2. The van der Waals surface area contributed by atoms with Crippen LogP contribution < -0.4 is 5.32 Å². The molecule has 0 aromatic heterocycles. The van der Waals surface area contributed by atoms with Crippen LogP contribution in [-0.2, 0) is 6.54 Å². The zero-order valence-corrected chi connectivity index (χ0v) is 12.8. The van der Waals surface area contributed by atoms with Gasteiger partial charge in [-0.1, -0.05) is 30.7 Å². The molecule has 0 bridgehead atoms. The highest BCUT2D eigenvalue weighted by atomic mass is 35.5. The lowest BCUT2D eigenvalue weighted by molar-refractivity contribution is 0.525. The number of hydrogen-bond donors (Lipinski definition) is 1. The topological polar surface area (TPSA) is 12.0 Å². The van der Waals surface area contributed by atoms with Gasteiger partial charge in [-0.05, 0) is 49.1 Å². The standard InChI is InChI=1S/C15H22ClNS/c1-3-18-14-7-6-13(9-14)17-10-12-5-4-11(2)15(16)8-12/h4-5,8,13-14,17H,3,6-7,9-10H2,1-2H3. The van der Waals surface area contributed by atoms with Crippen molar-refractivity contribution in [3.63, 3.8) is 0 Å². The van der Waals surface area contributed by atoms with Crippen molar-refractivity contribution in [2.24, 2.45) is 0 Å². The minimum Gasteiger partial charge on any atom is -0.310 e. The summed E-state index contributed by atoms with van der Waals surface area (Å²) in [6.45, 7) is 5.23.